The van der Waals surface area contributed by atoms with Crippen LogP contribution < -0.4 is 10.1 Å². The van der Waals surface area contributed by atoms with Crippen molar-refractivity contribution in [2.75, 3.05) is 13.2 Å². The second-order valence-corrected chi connectivity index (χ2v) is 4.80. The highest BCUT2D eigenvalue weighted by Crippen LogP contribution is 2.30. The summed E-state index contributed by atoms with van der Waals surface area (Å²) in [5, 5.41) is 7.98. The van der Waals surface area contributed by atoms with Gasteiger partial charge in [0.25, 0.3) is 0 Å². The summed E-state index contributed by atoms with van der Waals surface area (Å²) in [6, 6.07) is 10.4. The number of aryl methyl sites for hydroxylation is 2. The first-order chi connectivity index (χ1) is 9.67. The van der Waals surface area contributed by atoms with Gasteiger partial charge in [-0.2, -0.15) is 5.10 Å². The van der Waals surface area contributed by atoms with E-state index in [0.29, 0.717) is 6.61 Å². The molecule has 4 heteroatoms. The second kappa shape index (κ2) is 6.57. The molecule has 1 heterocycles. The molecule has 0 fully saturated rings. The minimum atomic E-state index is 0.0916. The molecule has 0 aliphatic heterocycles. The maximum absolute atomic E-state index is 5.76. The Balaban J connectivity index is 2.45. The lowest BCUT2D eigenvalue weighted by molar-refractivity contribution is 0.333. The first-order valence-electron chi connectivity index (χ1n) is 7.13. The summed E-state index contributed by atoms with van der Waals surface area (Å²) < 4.78 is 7.70. The van der Waals surface area contributed by atoms with E-state index in [4.69, 9.17) is 4.74 Å². The lowest BCUT2D eigenvalue weighted by Gasteiger charge is -2.21. The Morgan fingerprint density at radius 2 is 2.05 bits per heavy atom. The third-order valence-corrected chi connectivity index (χ3v) is 3.27. The highest BCUT2D eigenvalue weighted by molar-refractivity contribution is 5.40. The van der Waals surface area contributed by atoms with Crippen molar-refractivity contribution >= 4 is 0 Å². The maximum Gasteiger partial charge on any atom is 0.124 e. The molecule has 0 saturated carbocycles. The predicted molar refractivity (Wildman–Crippen MR) is 81.1 cm³/mol. The molecule has 4 nitrogen and oxygen atoms in total. The third kappa shape index (κ3) is 3.02. The molecular weight excluding hydrogens is 250 g/mol. The molecule has 0 bridgehead atoms. The monoisotopic (exact) mass is 273 g/mol. The van der Waals surface area contributed by atoms with E-state index in [1.165, 1.54) is 0 Å². The van der Waals surface area contributed by atoms with Gasteiger partial charge in [0, 0.05) is 12.6 Å². The molecule has 2 aromatic rings. The minimum Gasteiger partial charge on any atom is -0.494 e. The highest BCUT2D eigenvalue weighted by Gasteiger charge is 2.20. The van der Waals surface area contributed by atoms with Gasteiger partial charge in [-0.3, -0.25) is 4.68 Å². The Bertz CT molecular complexity index is 563. The zero-order chi connectivity index (χ0) is 14.5. The smallest absolute Gasteiger partial charge is 0.124 e. The number of ether oxygens (including phenoxy) is 1. The zero-order valence-electron chi connectivity index (χ0n) is 12.7. The molecule has 0 spiro atoms. The Kier molecular flexibility index (Phi) is 4.79. The largest absolute Gasteiger partial charge is 0.494 e. The summed E-state index contributed by atoms with van der Waals surface area (Å²) in [4.78, 5) is 0. The predicted octanol–water partition coefficient (Wildman–Crippen LogP) is 2.83. The van der Waals surface area contributed by atoms with Gasteiger partial charge >= 0.3 is 0 Å². The van der Waals surface area contributed by atoms with Crippen molar-refractivity contribution < 1.29 is 4.74 Å². The molecule has 0 aliphatic rings. The molecule has 1 atom stereocenters. The molecule has 1 unspecified atom stereocenters. The molecular formula is C16H23N3O. The number of hydrogen-bond donors (Lipinski definition) is 1. The van der Waals surface area contributed by atoms with Crippen LogP contribution in [0.1, 0.15) is 36.8 Å². The second-order valence-electron chi connectivity index (χ2n) is 4.80. The molecule has 1 aromatic carbocycles. The third-order valence-electron chi connectivity index (χ3n) is 3.27. The summed E-state index contributed by atoms with van der Waals surface area (Å²) in [6.07, 6.45) is 0. The fraction of sp³-hybridized carbons (Fsp3) is 0.438. The molecule has 20 heavy (non-hydrogen) atoms. The Morgan fingerprint density at radius 1 is 1.30 bits per heavy atom. The summed E-state index contributed by atoms with van der Waals surface area (Å²) in [6.45, 7) is 7.68. The van der Waals surface area contributed by atoms with Crippen LogP contribution in [0.15, 0.2) is 30.3 Å². The van der Waals surface area contributed by atoms with Crippen molar-refractivity contribution in [1.82, 2.24) is 15.1 Å². The van der Waals surface area contributed by atoms with Crippen LogP contribution in [0.25, 0.3) is 0 Å². The maximum atomic E-state index is 5.76. The van der Waals surface area contributed by atoms with Crippen molar-refractivity contribution in [3.05, 3.63) is 47.3 Å². The summed E-state index contributed by atoms with van der Waals surface area (Å²) in [5.41, 5.74) is 3.33. The van der Waals surface area contributed by atoms with Crippen LogP contribution in [0.5, 0.6) is 5.75 Å². The Hall–Kier alpha value is -1.81. The van der Waals surface area contributed by atoms with Crippen LogP contribution in [0.2, 0.25) is 0 Å². The van der Waals surface area contributed by atoms with Crippen molar-refractivity contribution in [1.29, 1.82) is 0 Å². The normalized spacial score (nSPS) is 12.4. The quantitative estimate of drug-likeness (QED) is 0.879. The zero-order valence-corrected chi connectivity index (χ0v) is 12.7. The van der Waals surface area contributed by atoms with Crippen LogP contribution >= 0.6 is 0 Å². The molecule has 0 saturated heterocycles. The van der Waals surface area contributed by atoms with Crippen molar-refractivity contribution in [2.45, 2.75) is 26.8 Å². The van der Waals surface area contributed by atoms with Crippen LogP contribution in [0.3, 0.4) is 0 Å². The number of para-hydroxylation sites is 1. The van der Waals surface area contributed by atoms with Crippen LogP contribution in [0.4, 0.5) is 0 Å². The van der Waals surface area contributed by atoms with Gasteiger partial charge in [-0.15, -0.1) is 0 Å². The number of nitrogens with zero attached hydrogens (tertiary/aromatic N) is 2. The molecule has 0 amide bonds. The summed E-state index contributed by atoms with van der Waals surface area (Å²) >= 11 is 0. The Labute approximate surface area is 120 Å². The van der Waals surface area contributed by atoms with E-state index in [0.717, 1.165) is 29.2 Å². The van der Waals surface area contributed by atoms with E-state index < -0.39 is 0 Å². The molecule has 1 aromatic heterocycles. The highest BCUT2D eigenvalue weighted by atomic mass is 16.5. The number of rotatable bonds is 6. The SMILES string of the molecule is CCNC(c1ccccc1OCC)c1cc(C)nn1C. The van der Waals surface area contributed by atoms with Gasteiger partial charge in [-0.1, -0.05) is 25.1 Å². The number of aromatic nitrogens is 2. The van der Waals surface area contributed by atoms with E-state index >= 15 is 0 Å². The lowest BCUT2D eigenvalue weighted by atomic mass is 10.0. The van der Waals surface area contributed by atoms with Crippen molar-refractivity contribution in [3.63, 3.8) is 0 Å². The fourth-order valence-electron chi connectivity index (χ4n) is 2.48. The topological polar surface area (TPSA) is 39.1 Å². The fourth-order valence-corrected chi connectivity index (χ4v) is 2.48. The molecule has 108 valence electrons. The van der Waals surface area contributed by atoms with E-state index in [1.807, 2.05) is 43.8 Å². The number of nitrogens with one attached hydrogen (secondary N) is 1. The van der Waals surface area contributed by atoms with Crippen molar-refractivity contribution in [3.8, 4) is 5.75 Å². The van der Waals surface area contributed by atoms with Gasteiger partial charge in [0.15, 0.2) is 0 Å². The molecule has 0 radical (unpaired) electrons. The molecule has 2 rings (SSSR count). The average Bonchev–Trinajstić information content (AvgIpc) is 2.76. The van der Waals surface area contributed by atoms with Crippen LogP contribution in [-0.2, 0) is 7.05 Å². The van der Waals surface area contributed by atoms with Crippen LogP contribution in [0, 0.1) is 6.92 Å². The summed E-state index contributed by atoms with van der Waals surface area (Å²) in [5.74, 6) is 0.930. The standard InChI is InChI=1S/C16H23N3O/c1-5-17-16(14-11-12(3)18-19(14)4)13-9-7-8-10-15(13)20-6-2/h7-11,16-17H,5-6H2,1-4H3. The van der Waals surface area contributed by atoms with E-state index in [9.17, 15) is 0 Å². The van der Waals surface area contributed by atoms with Crippen LogP contribution in [-0.4, -0.2) is 22.9 Å². The van der Waals surface area contributed by atoms with E-state index in [1.54, 1.807) is 0 Å². The average molecular weight is 273 g/mol. The summed E-state index contributed by atoms with van der Waals surface area (Å²) in [7, 11) is 1.98. The first-order valence-corrected chi connectivity index (χ1v) is 7.13. The van der Waals surface area contributed by atoms with E-state index in [-0.39, 0.29) is 6.04 Å². The van der Waals surface area contributed by atoms with Gasteiger partial charge in [-0.25, -0.2) is 0 Å². The first kappa shape index (κ1) is 14.6. The number of benzene rings is 1. The van der Waals surface area contributed by atoms with Gasteiger partial charge in [0.05, 0.1) is 24.0 Å². The van der Waals surface area contributed by atoms with Gasteiger partial charge in [0.2, 0.25) is 0 Å². The number of hydrogen-bond acceptors (Lipinski definition) is 3. The molecule has 1 N–H and O–H groups in total. The minimum absolute atomic E-state index is 0.0916. The van der Waals surface area contributed by atoms with E-state index in [2.05, 4.69) is 29.5 Å². The molecule has 0 aliphatic carbocycles. The lowest BCUT2D eigenvalue weighted by Crippen LogP contribution is -2.24. The van der Waals surface area contributed by atoms with Gasteiger partial charge in [0.1, 0.15) is 5.75 Å². The van der Waals surface area contributed by atoms with Crippen molar-refractivity contribution in [2.24, 2.45) is 7.05 Å². The van der Waals surface area contributed by atoms with Gasteiger partial charge < -0.3 is 10.1 Å². The Morgan fingerprint density at radius 3 is 2.65 bits per heavy atom. The van der Waals surface area contributed by atoms with Gasteiger partial charge in [-0.05, 0) is 32.5 Å².